The minimum atomic E-state index is -2.86. The normalized spacial score (nSPS) is 16.7. The van der Waals surface area contributed by atoms with E-state index >= 15 is 0 Å². The number of aliphatic imine (C=N–C) groups is 1. The fourth-order valence-corrected chi connectivity index (χ4v) is 2.99. The summed E-state index contributed by atoms with van der Waals surface area (Å²) in [5.74, 6) is 0.677. The number of guanidine groups is 1. The van der Waals surface area contributed by atoms with Crippen LogP contribution in [0.5, 0.6) is 5.75 Å². The van der Waals surface area contributed by atoms with Gasteiger partial charge >= 0.3 is 6.61 Å². The van der Waals surface area contributed by atoms with Crippen molar-refractivity contribution in [2.45, 2.75) is 57.8 Å². The summed E-state index contributed by atoms with van der Waals surface area (Å²) in [6.45, 7) is 0.377. The van der Waals surface area contributed by atoms with Crippen LogP contribution in [0.2, 0.25) is 0 Å². The molecule has 1 fully saturated rings. The number of benzene rings is 1. The van der Waals surface area contributed by atoms with Gasteiger partial charge in [0.05, 0.1) is 12.1 Å². The molecule has 5 nitrogen and oxygen atoms in total. The minimum absolute atomic E-state index is 0. The van der Waals surface area contributed by atoms with Gasteiger partial charge < -0.3 is 20.5 Å². The Hall–Kier alpha value is -1.16. The smallest absolute Gasteiger partial charge is 0.387 e. The summed E-state index contributed by atoms with van der Waals surface area (Å²) in [6.07, 6.45) is 4.79. The minimum Gasteiger partial charge on any atom is -0.434 e. The highest BCUT2D eigenvalue weighted by Crippen LogP contribution is 2.27. The average molecular weight is 483 g/mol. The van der Waals surface area contributed by atoms with Crippen LogP contribution in [0.15, 0.2) is 29.3 Å². The topological polar surface area (TPSA) is 65.9 Å². The molecule has 8 heteroatoms. The predicted octanol–water partition coefficient (Wildman–Crippen LogP) is 3.66. The summed E-state index contributed by atoms with van der Waals surface area (Å²) in [4.78, 5) is 4.43. The van der Waals surface area contributed by atoms with Gasteiger partial charge in [0.1, 0.15) is 5.75 Å². The van der Waals surface area contributed by atoms with E-state index in [4.69, 9.17) is 0 Å². The molecule has 1 aliphatic carbocycles. The average Bonchev–Trinajstić information content (AvgIpc) is 2.59. The Labute approximate surface area is 170 Å². The Morgan fingerprint density at radius 3 is 2.58 bits per heavy atom. The summed E-state index contributed by atoms with van der Waals surface area (Å²) in [6, 6.07) is 6.61. The first-order chi connectivity index (χ1) is 12.0. The molecule has 3 N–H and O–H groups in total. The van der Waals surface area contributed by atoms with E-state index in [1.807, 2.05) is 6.92 Å². The van der Waals surface area contributed by atoms with Crippen molar-refractivity contribution in [1.29, 1.82) is 0 Å². The van der Waals surface area contributed by atoms with Gasteiger partial charge in [-0.05, 0) is 25.8 Å². The number of rotatable bonds is 7. The number of para-hydroxylation sites is 1. The Kier molecular flexibility index (Phi) is 10.1. The molecular weight excluding hydrogens is 455 g/mol. The second-order valence-corrected chi connectivity index (χ2v) is 6.32. The SMILES string of the molecule is CCNC(=NCc1ccccc1OC(F)F)NCC1(O)CCCCC1.I. The zero-order valence-corrected chi connectivity index (χ0v) is 17.3. The number of nitrogens with one attached hydrogen (secondary N) is 2. The number of hydrogen-bond donors (Lipinski definition) is 3. The van der Waals surface area contributed by atoms with E-state index in [2.05, 4.69) is 20.4 Å². The van der Waals surface area contributed by atoms with Crippen LogP contribution in [0.4, 0.5) is 8.78 Å². The third-order valence-electron chi connectivity index (χ3n) is 4.31. The molecule has 0 atom stereocenters. The molecule has 0 amide bonds. The van der Waals surface area contributed by atoms with Crippen molar-refractivity contribution in [1.82, 2.24) is 10.6 Å². The lowest BCUT2D eigenvalue weighted by atomic mass is 9.85. The summed E-state index contributed by atoms with van der Waals surface area (Å²) in [7, 11) is 0. The highest BCUT2D eigenvalue weighted by Gasteiger charge is 2.29. The van der Waals surface area contributed by atoms with Gasteiger partial charge in [0.15, 0.2) is 5.96 Å². The summed E-state index contributed by atoms with van der Waals surface area (Å²) < 4.78 is 29.5. The molecule has 1 aromatic rings. The third kappa shape index (κ3) is 7.61. The first-order valence-electron chi connectivity index (χ1n) is 8.80. The zero-order chi connectivity index (χ0) is 18.1. The number of halogens is 3. The molecule has 0 spiro atoms. The molecule has 0 aliphatic heterocycles. The summed E-state index contributed by atoms with van der Waals surface area (Å²) in [5.41, 5.74) is -0.123. The Morgan fingerprint density at radius 1 is 1.23 bits per heavy atom. The molecule has 1 aromatic carbocycles. The van der Waals surface area contributed by atoms with E-state index in [-0.39, 0.29) is 36.3 Å². The maximum absolute atomic E-state index is 12.5. The number of alkyl halides is 2. The van der Waals surface area contributed by atoms with Crippen LogP contribution in [-0.4, -0.2) is 36.4 Å². The van der Waals surface area contributed by atoms with E-state index < -0.39 is 12.2 Å². The molecule has 0 heterocycles. The van der Waals surface area contributed by atoms with Crippen molar-refractivity contribution in [2.24, 2.45) is 4.99 Å². The molecular formula is C18H28F2IN3O2. The number of aliphatic hydroxyl groups is 1. The second kappa shape index (κ2) is 11.5. The van der Waals surface area contributed by atoms with Gasteiger partial charge in [-0.25, -0.2) is 4.99 Å². The quantitative estimate of drug-likeness (QED) is 0.315. The monoisotopic (exact) mass is 483 g/mol. The standard InChI is InChI=1S/C18H27F2N3O2.HI/c1-2-21-17(23-13-18(24)10-6-3-7-11-18)22-12-14-8-4-5-9-15(14)25-16(19)20;/h4-5,8-9,16,24H,2-3,6-7,10-13H2,1H3,(H2,21,22,23);1H. The number of hydrogen-bond acceptors (Lipinski definition) is 3. The van der Waals surface area contributed by atoms with Crippen LogP contribution >= 0.6 is 24.0 Å². The molecule has 1 aliphatic rings. The fraction of sp³-hybridized carbons (Fsp3) is 0.611. The van der Waals surface area contributed by atoms with Crippen LogP contribution in [0.3, 0.4) is 0 Å². The highest BCUT2D eigenvalue weighted by molar-refractivity contribution is 14.0. The van der Waals surface area contributed by atoms with E-state index in [0.29, 0.717) is 24.6 Å². The van der Waals surface area contributed by atoms with Crippen molar-refractivity contribution in [3.63, 3.8) is 0 Å². The molecule has 0 unspecified atom stereocenters. The van der Waals surface area contributed by atoms with Crippen LogP contribution in [0, 0.1) is 0 Å². The van der Waals surface area contributed by atoms with Crippen LogP contribution < -0.4 is 15.4 Å². The summed E-state index contributed by atoms with van der Waals surface area (Å²) >= 11 is 0. The Morgan fingerprint density at radius 2 is 1.92 bits per heavy atom. The van der Waals surface area contributed by atoms with Gasteiger partial charge in [0, 0.05) is 18.7 Å². The summed E-state index contributed by atoms with van der Waals surface area (Å²) in [5, 5.41) is 16.8. The molecule has 148 valence electrons. The lowest BCUT2D eigenvalue weighted by Gasteiger charge is -2.32. The van der Waals surface area contributed by atoms with E-state index in [1.165, 1.54) is 6.07 Å². The number of nitrogens with zero attached hydrogens (tertiary/aromatic N) is 1. The van der Waals surface area contributed by atoms with Crippen LogP contribution in [0.1, 0.15) is 44.6 Å². The first kappa shape index (κ1) is 22.9. The van der Waals surface area contributed by atoms with Gasteiger partial charge in [-0.1, -0.05) is 37.5 Å². The lowest BCUT2D eigenvalue weighted by Crippen LogP contribution is -2.48. The van der Waals surface area contributed by atoms with Gasteiger partial charge in [-0.3, -0.25) is 0 Å². The van der Waals surface area contributed by atoms with Gasteiger partial charge in [0.2, 0.25) is 0 Å². The number of ether oxygens (including phenoxy) is 1. The highest BCUT2D eigenvalue weighted by atomic mass is 127. The Bertz CT molecular complexity index is 567. The fourth-order valence-electron chi connectivity index (χ4n) is 2.99. The van der Waals surface area contributed by atoms with Crippen molar-refractivity contribution < 1.29 is 18.6 Å². The molecule has 0 radical (unpaired) electrons. The largest absolute Gasteiger partial charge is 0.434 e. The predicted molar refractivity (Wildman–Crippen MR) is 109 cm³/mol. The van der Waals surface area contributed by atoms with Gasteiger partial charge in [-0.15, -0.1) is 24.0 Å². The van der Waals surface area contributed by atoms with E-state index in [0.717, 1.165) is 32.1 Å². The van der Waals surface area contributed by atoms with Crippen LogP contribution in [-0.2, 0) is 6.54 Å². The molecule has 1 saturated carbocycles. The molecule has 26 heavy (non-hydrogen) atoms. The van der Waals surface area contributed by atoms with Crippen molar-refractivity contribution >= 4 is 29.9 Å². The molecule has 2 rings (SSSR count). The third-order valence-corrected chi connectivity index (χ3v) is 4.31. The second-order valence-electron chi connectivity index (χ2n) is 6.32. The first-order valence-corrected chi connectivity index (χ1v) is 8.80. The van der Waals surface area contributed by atoms with Crippen molar-refractivity contribution in [3.05, 3.63) is 29.8 Å². The maximum Gasteiger partial charge on any atom is 0.387 e. The Balaban J connectivity index is 0.00000338. The van der Waals surface area contributed by atoms with Gasteiger partial charge in [0.25, 0.3) is 0 Å². The zero-order valence-electron chi connectivity index (χ0n) is 15.0. The van der Waals surface area contributed by atoms with Crippen LogP contribution in [0.25, 0.3) is 0 Å². The molecule has 0 saturated heterocycles. The lowest BCUT2D eigenvalue weighted by molar-refractivity contribution is -0.0504. The van der Waals surface area contributed by atoms with Gasteiger partial charge in [-0.2, -0.15) is 8.78 Å². The van der Waals surface area contributed by atoms with E-state index in [1.54, 1.807) is 18.2 Å². The van der Waals surface area contributed by atoms with E-state index in [9.17, 15) is 13.9 Å². The maximum atomic E-state index is 12.5. The van der Waals surface area contributed by atoms with Crippen molar-refractivity contribution in [2.75, 3.05) is 13.1 Å². The molecule has 0 aromatic heterocycles. The van der Waals surface area contributed by atoms with Crippen molar-refractivity contribution in [3.8, 4) is 5.75 Å². The molecule has 0 bridgehead atoms.